The van der Waals surface area contributed by atoms with Gasteiger partial charge in [-0.2, -0.15) is 13.2 Å². The summed E-state index contributed by atoms with van der Waals surface area (Å²) < 4.78 is 59.9. The van der Waals surface area contributed by atoms with Crippen molar-refractivity contribution in [3.8, 4) is 0 Å². The molecular formula is C14H16F5N5O2. The molecule has 2 aromatic rings. The molecule has 2 aromatic heterocycles. The molecule has 3 rings (SSSR count). The van der Waals surface area contributed by atoms with Gasteiger partial charge in [-0.1, -0.05) is 0 Å². The number of imidazole rings is 1. The van der Waals surface area contributed by atoms with Crippen molar-refractivity contribution in [2.45, 2.75) is 31.9 Å². The van der Waals surface area contributed by atoms with Crippen LogP contribution in [0.25, 0.3) is 5.65 Å². The van der Waals surface area contributed by atoms with E-state index in [0.717, 1.165) is 5.69 Å². The van der Waals surface area contributed by atoms with Crippen molar-refractivity contribution in [3.63, 3.8) is 0 Å². The zero-order valence-electron chi connectivity index (χ0n) is 13.6. The molecule has 0 amide bonds. The van der Waals surface area contributed by atoms with E-state index < -0.39 is 18.1 Å². The molecule has 7 nitrogen and oxygen atoms in total. The van der Waals surface area contributed by atoms with Crippen LogP contribution in [-0.4, -0.2) is 50.6 Å². The minimum Gasteiger partial charge on any atom is -0.475 e. The second-order valence-corrected chi connectivity index (χ2v) is 5.75. The van der Waals surface area contributed by atoms with Crippen LogP contribution in [0.3, 0.4) is 0 Å². The molecule has 144 valence electrons. The van der Waals surface area contributed by atoms with Gasteiger partial charge in [-0.15, -0.1) is 0 Å². The number of aryl methyl sites for hydroxylation is 1. The lowest BCUT2D eigenvalue weighted by Crippen LogP contribution is -2.40. The van der Waals surface area contributed by atoms with E-state index in [2.05, 4.69) is 9.97 Å². The molecule has 1 fully saturated rings. The number of alkyl halides is 5. The quantitative estimate of drug-likeness (QED) is 0.737. The third-order valence-electron chi connectivity index (χ3n) is 3.60. The number of fused-ring (bicyclic) bond motifs is 1. The zero-order valence-corrected chi connectivity index (χ0v) is 13.6. The van der Waals surface area contributed by atoms with Gasteiger partial charge in [0.2, 0.25) is 0 Å². The lowest BCUT2D eigenvalue weighted by Gasteiger charge is -2.32. The first-order valence-corrected chi connectivity index (χ1v) is 7.44. The van der Waals surface area contributed by atoms with Crippen LogP contribution >= 0.6 is 0 Å². The predicted molar refractivity (Wildman–Crippen MR) is 82.2 cm³/mol. The fourth-order valence-corrected chi connectivity index (χ4v) is 2.38. The standard InChI is InChI=1S/C12H15F2N5.C2HF3O2/c1-8-6-19-7-9(15)17-11(10(19)16-8)18-4-2-12(13,14)3-5-18;3-2(4,5)1(6)7/h6-7H,2-5,15H2,1H3;(H,6,7). The third-order valence-corrected chi connectivity index (χ3v) is 3.60. The summed E-state index contributed by atoms with van der Waals surface area (Å²) in [5.74, 6) is -4.38. The Kier molecular flexibility index (Phi) is 5.23. The number of aromatic nitrogens is 3. The highest BCUT2D eigenvalue weighted by Crippen LogP contribution is 2.31. The van der Waals surface area contributed by atoms with Crippen molar-refractivity contribution in [1.82, 2.24) is 14.4 Å². The topological polar surface area (TPSA) is 96.8 Å². The van der Waals surface area contributed by atoms with Gasteiger partial charge in [0.05, 0.1) is 11.9 Å². The molecule has 0 saturated carbocycles. The monoisotopic (exact) mass is 381 g/mol. The Hall–Kier alpha value is -2.66. The Bertz CT molecular complexity index is 795. The van der Waals surface area contributed by atoms with Crippen LogP contribution in [0.1, 0.15) is 18.5 Å². The van der Waals surface area contributed by atoms with Crippen LogP contribution in [0.15, 0.2) is 12.4 Å². The molecule has 1 saturated heterocycles. The second-order valence-electron chi connectivity index (χ2n) is 5.75. The molecule has 3 heterocycles. The lowest BCUT2D eigenvalue weighted by atomic mass is 10.1. The highest BCUT2D eigenvalue weighted by atomic mass is 19.4. The summed E-state index contributed by atoms with van der Waals surface area (Å²) in [5, 5.41) is 7.12. The van der Waals surface area contributed by atoms with E-state index in [1.807, 2.05) is 18.0 Å². The van der Waals surface area contributed by atoms with Crippen LogP contribution in [0.5, 0.6) is 0 Å². The summed E-state index contributed by atoms with van der Waals surface area (Å²) in [4.78, 5) is 19.4. The maximum Gasteiger partial charge on any atom is 0.490 e. The molecule has 26 heavy (non-hydrogen) atoms. The molecule has 1 aliphatic heterocycles. The third kappa shape index (κ3) is 4.70. The highest BCUT2D eigenvalue weighted by Gasteiger charge is 2.38. The summed E-state index contributed by atoms with van der Waals surface area (Å²) >= 11 is 0. The van der Waals surface area contributed by atoms with Gasteiger partial charge in [0.1, 0.15) is 5.82 Å². The van der Waals surface area contributed by atoms with Crippen molar-refractivity contribution in [2.75, 3.05) is 23.7 Å². The number of hydrogen-bond donors (Lipinski definition) is 2. The number of rotatable bonds is 1. The molecule has 0 atom stereocenters. The zero-order chi connectivity index (χ0) is 19.7. The van der Waals surface area contributed by atoms with Gasteiger partial charge in [-0.25, -0.2) is 23.5 Å². The fourth-order valence-electron chi connectivity index (χ4n) is 2.38. The highest BCUT2D eigenvalue weighted by molar-refractivity contribution is 5.73. The van der Waals surface area contributed by atoms with Crippen molar-refractivity contribution in [1.29, 1.82) is 0 Å². The van der Waals surface area contributed by atoms with Gasteiger partial charge in [-0.3, -0.25) is 0 Å². The Morgan fingerprint density at radius 1 is 1.23 bits per heavy atom. The Labute approximate surface area is 144 Å². The maximum absolute atomic E-state index is 13.2. The van der Waals surface area contributed by atoms with Crippen LogP contribution in [0, 0.1) is 6.92 Å². The van der Waals surface area contributed by atoms with Crippen LogP contribution in [-0.2, 0) is 4.79 Å². The number of aliphatic carboxylic acids is 1. The number of piperidine rings is 1. The molecule has 0 spiro atoms. The average molecular weight is 381 g/mol. The van der Waals surface area contributed by atoms with Crippen molar-refractivity contribution < 1.29 is 31.9 Å². The number of carboxylic acids is 1. The summed E-state index contributed by atoms with van der Waals surface area (Å²) in [7, 11) is 0. The minimum atomic E-state index is -5.08. The van der Waals surface area contributed by atoms with E-state index in [4.69, 9.17) is 15.6 Å². The van der Waals surface area contributed by atoms with E-state index >= 15 is 0 Å². The van der Waals surface area contributed by atoms with Gasteiger partial charge in [0.15, 0.2) is 11.5 Å². The van der Waals surface area contributed by atoms with Crippen LogP contribution in [0.4, 0.5) is 33.6 Å². The summed E-state index contributed by atoms with van der Waals surface area (Å²) in [6, 6.07) is 0. The van der Waals surface area contributed by atoms with Gasteiger partial charge in [0.25, 0.3) is 5.92 Å². The predicted octanol–water partition coefficient (Wildman–Crippen LogP) is 2.49. The van der Waals surface area contributed by atoms with Crippen molar-refractivity contribution in [2.24, 2.45) is 0 Å². The number of nitrogens with zero attached hydrogens (tertiary/aromatic N) is 4. The average Bonchev–Trinajstić information content (AvgIpc) is 2.86. The SMILES string of the molecule is Cc1cn2cc(N)nc(N3CCC(F)(F)CC3)c2n1.O=C(O)C(F)(F)F. The number of carbonyl (C=O) groups is 1. The van der Waals surface area contributed by atoms with Gasteiger partial charge >= 0.3 is 12.1 Å². The van der Waals surface area contributed by atoms with E-state index in [1.165, 1.54) is 0 Å². The number of carboxylic acid groups (broad SMARTS) is 1. The number of nitrogen functional groups attached to an aromatic ring is 1. The largest absolute Gasteiger partial charge is 0.490 e. The van der Waals surface area contributed by atoms with Gasteiger partial charge < -0.3 is 20.1 Å². The molecule has 12 heteroatoms. The van der Waals surface area contributed by atoms with Gasteiger partial charge in [0, 0.05) is 32.1 Å². The maximum atomic E-state index is 13.2. The summed E-state index contributed by atoms with van der Waals surface area (Å²) in [6.07, 6.45) is -1.88. The molecule has 0 unspecified atom stereocenters. The molecular weight excluding hydrogens is 365 g/mol. The van der Waals surface area contributed by atoms with E-state index in [9.17, 15) is 22.0 Å². The first kappa shape index (κ1) is 19.7. The van der Waals surface area contributed by atoms with Crippen LogP contribution in [0.2, 0.25) is 0 Å². The number of nitrogens with two attached hydrogens (primary N) is 1. The number of hydrogen-bond acceptors (Lipinski definition) is 5. The van der Waals surface area contributed by atoms with Crippen molar-refractivity contribution >= 4 is 23.3 Å². The number of anilines is 2. The Morgan fingerprint density at radius 2 is 1.77 bits per heavy atom. The van der Waals surface area contributed by atoms with Crippen LogP contribution < -0.4 is 10.6 Å². The van der Waals surface area contributed by atoms with E-state index in [1.54, 1.807) is 10.6 Å². The summed E-state index contributed by atoms with van der Waals surface area (Å²) in [6.45, 7) is 2.41. The Morgan fingerprint density at radius 3 is 2.27 bits per heavy atom. The molecule has 3 N–H and O–H groups in total. The van der Waals surface area contributed by atoms with E-state index in [0.29, 0.717) is 17.3 Å². The normalized spacial score (nSPS) is 16.9. The summed E-state index contributed by atoms with van der Waals surface area (Å²) in [5.41, 5.74) is 7.27. The molecule has 0 bridgehead atoms. The van der Waals surface area contributed by atoms with Crippen molar-refractivity contribution in [3.05, 3.63) is 18.1 Å². The van der Waals surface area contributed by atoms with Gasteiger partial charge in [-0.05, 0) is 6.92 Å². The molecule has 1 aliphatic rings. The van der Waals surface area contributed by atoms with E-state index in [-0.39, 0.29) is 25.9 Å². The fraction of sp³-hybridized carbons (Fsp3) is 0.500. The minimum absolute atomic E-state index is 0.157. The first-order valence-electron chi connectivity index (χ1n) is 7.44. The number of halogens is 5. The lowest BCUT2D eigenvalue weighted by molar-refractivity contribution is -0.192. The first-order chi connectivity index (χ1) is 11.9. The molecule has 0 aromatic carbocycles. The Balaban J connectivity index is 0.000000298. The smallest absolute Gasteiger partial charge is 0.475 e. The second kappa shape index (κ2) is 6.92. The molecule has 0 radical (unpaired) electrons. The molecule has 0 aliphatic carbocycles.